The van der Waals surface area contributed by atoms with Crippen LogP contribution in [0.25, 0.3) is 0 Å². The molecule has 0 amide bonds. The van der Waals surface area contributed by atoms with E-state index in [0.717, 1.165) is 20.0 Å². The molecule has 0 atom stereocenters. The monoisotopic (exact) mass is 301 g/mol. The SMILES string of the molecule is COS(=O)(=O)c1nc(NC2CC2)nc(NC(C)(C)C)n1. The second-order valence-corrected chi connectivity index (χ2v) is 7.29. The quantitative estimate of drug-likeness (QED) is 0.776. The van der Waals surface area contributed by atoms with Crippen LogP contribution < -0.4 is 10.6 Å². The maximum Gasteiger partial charge on any atom is 0.332 e. The summed E-state index contributed by atoms with van der Waals surface area (Å²) in [5, 5.41) is 5.69. The van der Waals surface area contributed by atoms with Crippen LogP contribution in [0.3, 0.4) is 0 Å². The van der Waals surface area contributed by atoms with E-state index in [1.54, 1.807) is 0 Å². The number of nitrogens with zero attached hydrogens (tertiary/aromatic N) is 3. The fourth-order valence-corrected chi connectivity index (χ4v) is 1.95. The van der Waals surface area contributed by atoms with Gasteiger partial charge in [-0.15, -0.1) is 0 Å². The maximum absolute atomic E-state index is 11.7. The van der Waals surface area contributed by atoms with Crippen molar-refractivity contribution in [2.75, 3.05) is 17.7 Å². The molecule has 1 aromatic heterocycles. The smallest absolute Gasteiger partial charge is 0.332 e. The Bertz CT molecular complexity index is 593. The average molecular weight is 301 g/mol. The van der Waals surface area contributed by atoms with Crippen molar-refractivity contribution in [3.63, 3.8) is 0 Å². The molecule has 0 aliphatic heterocycles. The summed E-state index contributed by atoms with van der Waals surface area (Å²) in [6.45, 7) is 5.78. The maximum atomic E-state index is 11.7. The topological polar surface area (TPSA) is 106 Å². The van der Waals surface area contributed by atoms with Gasteiger partial charge >= 0.3 is 10.1 Å². The van der Waals surface area contributed by atoms with E-state index in [1.807, 2.05) is 20.8 Å². The molecular weight excluding hydrogens is 282 g/mol. The molecule has 0 saturated heterocycles. The van der Waals surface area contributed by atoms with Crippen molar-refractivity contribution in [1.29, 1.82) is 0 Å². The van der Waals surface area contributed by atoms with Crippen LogP contribution in [-0.4, -0.2) is 42.1 Å². The van der Waals surface area contributed by atoms with E-state index in [9.17, 15) is 8.42 Å². The first-order chi connectivity index (χ1) is 9.19. The molecule has 0 aromatic carbocycles. The fraction of sp³-hybridized carbons (Fsp3) is 0.727. The Morgan fingerprint density at radius 1 is 1.15 bits per heavy atom. The van der Waals surface area contributed by atoms with Crippen molar-refractivity contribution in [3.05, 3.63) is 0 Å². The predicted molar refractivity (Wildman–Crippen MR) is 74.0 cm³/mol. The molecule has 2 rings (SSSR count). The minimum atomic E-state index is -3.96. The van der Waals surface area contributed by atoms with E-state index < -0.39 is 15.3 Å². The Hall–Kier alpha value is -1.48. The molecule has 1 fully saturated rings. The highest BCUT2D eigenvalue weighted by atomic mass is 32.2. The second-order valence-electron chi connectivity index (χ2n) is 5.68. The molecule has 2 N–H and O–H groups in total. The van der Waals surface area contributed by atoms with Gasteiger partial charge in [0.25, 0.3) is 5.16 Å². The molecule has 1 aliphatic rings. The minimum Gasteiger partial charge on any atom is -0.351 e. The summed E-state index contributed by atoms with van der Waals surface area (Å²) in [6, 6.07) is 0.304. The lowest BCUT2D eigenvalue weighted by Gasteiger charge is -2.20. The molecule has 1 heterocycles. The third-order valence-electron chi connectivity index (χ3n) is 2.46. The zero-order chi connectivity index (χ0) is 15.0. The number of anilines is 2. The van der Waals surface area contributed by atoms with Crippen molar-refractivity contribution in [3.8, 4) is 0 Å². The predicted octanol–water partition coefficient (Wildman–Crippen LogP) is 0.991. The van der Waals surface area contributed by atoms with Crippen molar-refractivity contribution in [2.24, 2.45) is 0 Å². The zero-order valence-electron chi connectivity index (χ0n) is 12.0. The third kappa shape index (κ3) is 4.01. The van der Waals surface area contributed by atoms with Crippen LogP contribution in [0.2, 0.25) is 0 Å². The normalized spacial score (nSPS) is 16.0. The molecule has 1 saturated carbocycles. The Kier molecular flexibility index (Phi) is 3.83. The van der Waals surface area contributed by atoms with Gasteiger partial charge in [0.05, 0.1) is 7.11 Å². The first-order valence-corrected chi connectivity index (χ1v) is 7.72. The van der Waals surface area contributed by atoms with Crippen molar-refractivity contribution >= 4 is 22.0 Å². The summed E-state index contributed by atoms with van der Waals surface area (Å²) in [6.07, 6.45) is 2.06. The molecule has 1 aromatic rings. The van der Waals surface area contributed by atoms with Crippen LogP contribution in [0, 0.1) is 0 Å². The van der Waals surface area contributed by atoms with Crippen LogP contribution in [0.4, 0.5) is 11.9 Å². The average Bonchev–Trinajstić information content (AvgIpc) is 3.10. The van der Waals surface area contributed by atoms with Crippen LogP contribution in [0.1, 0.15) is 33.6 Å². The van der Waals surface area contributed by atoms with E-state index in [-0.39, 0.29) is 17.4 Å². The number of rotatable bonds is 5. The minimum absolute atomic E-state index is 0.200. The first kappa shape index (κ1) is 14.9. The van der Waals surface area contributed by atoms with Gasteiger partial charge in [-0.25, -0.2) is 0 Å². The Balaban J connectivity index is 2.37. The number of nitrogens with one attached hydrogen (secondary N) is 2. The molecular formula is C11H19N5O3S. The molecule has 8 nitrogen and oxygen atoms in total. The van der Waals surface area contributed by atoms with Gasteiger partial charge in [-0.05, 0) is 33.6 Å². The summed E-state index contributed by atoms with van der Waals surface area (Å²) in [5.74, 6) is 0.441. The van der Waals surface area contributed by atoms with Gasteiger partial charge < -0.3 is 10.6 Å². The van der Waals surface area contributed by atoms with Crippen LogP contribution >= 0.6 is 0 Å². The highest BCUT2D eigenvalue weighted by Crippen LogP contribution is 2.24. The van der Waals surface area contributed by atoms with Gasteiger partial charge in [-0.3, -0.25) is 4.18 Å². The van der Waals surface area contributed by atoms with Crippen molar-refractivity contribution in [1.82, 2.24) is 15.0 Å². The lowest BCUT2D eigenvalue weighted by molar-refractivity contribution is 0.391. The Morgan fingerprint density at radius 2 is 1.75 bits per heavy atom. The van der Waals surface area contributed by atoms with Gasteiger partial charge in [0.2, 0.25) is 11.9 Å². The molecule has 0 spiro atoms. The third-order valence-corrected chi connectivity index (χ3v) is 3.52. The summed E-state index contributed by atoms with van der Waals surface area (Å²) in [4.78, 5) is 12.0. The van der Waals surface area contributed by atoms with Crippen molar-refractivity contribution in [2.45, 2.75) is 50.4 Å². The summed E-state index contributed by atoms with van der Waals surface area (Å²) in [5.41, 5.74) is -0.299. The second kappa shape index (κ2) is 5.13. The molecule has 112 valence electrons. The van der Waals surface area contributed by atoms with Crippen LogP contribution in [-0.2, 0) is 14.3 Å². The lowest BCUT2D eigenvalue weighted by atomic mass is 10.1. The first-order valence-electron chi connectivity index (χ1n) is 6.31. The van der Waals surface area contributed by atoms with Gasteiger partial charge in [0.15, 0.2) is 0 Å². The largest absolute Gasteiger partial charge is 0.351 e. The Labute approximate surface area is 118 Å². The van der Waals surface area contributed by atoms with Gasteiger partial charge in [0.1, 0.15) is 0 Å². The molecule has 0 bridgehead atoms. The van der Waals surface area contributed by atoms with Crippen LogP contribution in [0.15, 0.2) is 5.16 Å². The molecule has 1 aliphatic carbocycles. The van der Waals surface area contributed by atoms with Crippen LogP contribution in [0.5, 0.6) is 0 Å². The summed E-state index contributed by atoms with van der Waals surface area (Å²) in [7, 11) is -2.88. The van der Waals surface area contributed by atoms with E-state index in [2.05, 4.69) is 29.8 Å². The highest BCUT2D eigenvalue weighted by molar-refractivity contribution is 7.86. The highest BCUT2D eigenvalue weighted by Gasteiger charge is 2.26. The van der Waals surface area contributed by atoms with Crippen molar-refractivity contribution < 1.29 is 12.6 Å². The zero-order valence-corrected chi connectivity index (χ0v) is 12.8. The molecule has 20 heavy (non-hydrogen) atoms. The van der Waals surface area contributed by atoms with E-state index in [4.69, 9.17) is 0 Å². The van der Waals surface area contributed by atoms with Gasteiger partial charge in [-0.1, -0.05) is 0 Å². The number of aromatic nitrogens is 3. The van der Waals surface area contributed by atoms with Gasteiger partial charge in [0, 0.05) is 11.6 Å². The van der Waals surface area contributed by atoms with E-state index in [0.29, 0.717) is 6.04 Å². The molecule has 0 radical (unpaired) electrons. The van der Waals surface area contributed by atoms with E-state index in [1.165, 1.54) is 0 Å². The fourth-order valence-electron chi connectivity index (χ4n) is 1.41. The van der Waals surface area contributed by atoms with Gasteiger partial charge in [-0.2, -0.15) is 23.4 Å². The number of hydrogen-bond acceptors (Lipinski definition) is 8. The molecule has 9 heteroatoms. The summed E-state index contributed by atoms with van der Waals surface area (Å²) < 4.78 is 27.9. The summed E-state index contributed by atoms with van der Waals surface area (Å²) >= 11 is 0. The lowest BCUT2D eigenvalue weighted by Crippen LogP contribution is -2.28. The standard InChI is InChI=1S/C11H19N5O3S/c1-11(2,3)16-9-13-8(12-7-5-6-7)14-10(15-9)20(17,18)19-4/h7H,5-6H2,1-4H3,(H2,12,13,14,15,16). The molecule has 0 unspecified atom stereocenters. The number of hydrogen-bond donors (Lipinski definition) is 2. The Morgan fingerprint density at radius 3 is 2.25 bits per heavy atom. The van der Waals surface area contributed by atoms with E-state index >= 15 is 0 Å².